The number of para-hydroxylation sites is 1. The van der Waals surface area contributed by atoms with Crippen LogP contribution in [0.1, 0.15) is 16.8 Å². The Labute approximate surface area is 152 Å². The molecule has 136 valence electrons. The van der Waals surface area contributed by atoms with Gasteiger partial charge in [0.15, 0.2) is 5.78 Å². The van der Waals surface area contributed by atoms with E-state index >= 15 is 0 Å². The molecule has 0 N–H and O–H groups in total. The maximum Gasteiger partial charge on any atom is 0.357 e. The first-order valence-electron chi connectivity index (χ1n) is 8.11. The second kappa shape index (κ2) is 7.87. The number of anilines is 1. The van der Waals surface area contributed by atoms with Crippen LogP contribution in [0.25, 0.3) is 0 Å². The fourth-order valence-electron chi connectivity index (χ4n) is 2.73. The molecule has 1 fully saturated rings. The number of nitrogens with zero attached hydrogens (tertiary/aromatic N) is 1. The molecular formula is C19H20NO5P. The Hall–Kier alpha value is -2.40. The third kappa shape index (κ3) is 3.88. The predicted octanol–water partition coefficient (Wildman–Crippen LogP) is 4.41. The van der Waals surface area contributed by atoms with Crippen LogP contribution in [0.2, 0.25) is 0 Å². The Morgan fingerprint density at radius 2 is 1.65 bits per heavy atom. The summed E-state index contributed by atoms with van der Waals surface area (Å²) in [5, 5.41) is 1.54. The van der Waals surface area contributed by atoms with Gasteiger partial charge in [-0.15, -0.1) is 0 Å². The number of hydroxylamine groups is 1. The Balaban J connectivity index is 1.96. The first kappa shape index (κ1) is 18.4. The largest absolute Gasteiger partial charge is 0.383 e. The Morgan fingerprint density at radius 1 is 1.08 bits per heavy atom. The lowest BCUT2D eigenvalue weighted by atomic mass is 10.0. The van der Waals surface area contributed by atoms with Gasteiger partial charge in [-0.25, -0.2) is 0 Å². The minimum atomic E-state index is -3.40. The normalized spacial score (nSPS) is 18.8. The molecule has 0 aliphatic carbocycles. The van der Waals surface area contributed by atoms with Gasteiger partial charge < -0.3 is 13.9 Å². The summed E-state index contributed by atoms with van der Waals surface area (Å²) in [6, 6.07) is 17.7. The Kier molecular flexibility index (Phi) is 5.57. The maximum absolute atomic E-state index is 13.0. The summed E-state index contributed by atoms with van der Waals surface area (Å²) in [7, 11) is -0.795. The highest BCUT2D eigenvalue weighted by atomic mass is 31.2. The zero-order valence-electron chi connectivity index (χ0n) is 14.6. The number of carbonyl (C=O) groups is 1. The van der Waals surface area contributed by atoms with Gasteiger partial charge in [-0.3, -0.25) is 9.36 Å². The molecule has 2 aromatic carbocycles. The molecule has 0 spiro atoms. The maximum atomic E-state index is 13.0. The third-order valence-corrected chi connectivity index (χ3v) is 5.70. The molecule has 0 radical (unpaired) electrons. The van der Waals surface area contributed by atoms with Gasteiger partial charge >= 0.3 is 7.60 Å². The highest BCUT2D eigenvalue weighted by Crippen LogP contribution is 2.50. The molecule has 1 heterocycles. The van der Waals surface area contributed by atoms with Crippen molar-refractivity contribution in [1.29, 1.82) is 0 Å². The van der Waals surface area contributed by atoms with Crippen LogP contribution in [0.3, 0.4) is 0 Å². The summed E-state index contributed by atoms with van der Waals surface area (Å²) in [5.41, 5.74) is 1.32. The summed E-state index contributed by atoms with van der Waals surface area (Å²) in [6.45, 7) is 0. The number of hydrogen-bond acceptors (Lipinski definition) is 6. The van der Waals surface area contributed by atoms with Crippen LogP contribution in [0.4, 0.5) is 5.69 Å². The van der Waals surface area contributed by atoms with Crippen molar-refractivity contribution in [2.45, 2.75) is 12.5 Å². The molecule has 0 bridgehead atoms. The zero-order chi connectivity index (χ0) is 18.6. The lowest BCUT2D eigenvalue weighted by molar-refractivity contribution is 0.0933. The lowest BCUT2D eigenvalue weighted by Gasteiger charge is -2.23. The summed E-state index contributed by atoms with van der Waals surface area (Å²) in [6.07, 6.45) is 0.263. The van der Waals surface area contributed by atoms with E-state index in [4.69, 9.17) is 13.9 Å². The van der Waals surface area contributed by atoms with E-state index in [1.165, 1.54) is 25.1 Å². The molecule has 0 amide bonds. The van der Waals surface area contributed by atoms with Crippen molar-refractivity contribution in [3.05, 3.63) is 77.8 Å². The van der Waals surface area contributed by atoms with E-state index in [1.807, 2.05) is 48.5 Å². The van der Waals surface area contributed by atoms with Crippen LogP contribution in [-0.2, 0) is 18.5 Å². The van der Waals surface area contributed by atoms with E-state index in [-0.39, 0.29) is 12.2 Å². The number of carbonyl (C=O) groups excluding carboxylic acids is 1. The van der Waals surface area contributed by atoms with E-state index in [0.29, 0.717) is 11.3 Å². The van der Waals surface area contributed by atoms with Crippen molar-refractivity contribution in [1.82, 2.24) is 0 Å². The summed E-state index contributed by atoms with van der Waals surface area (Å²) < 4.78 is 22.3. The molecule has 1 atom stereocenters. The van der Waals surface area contributed by atoms with E-state index in [0.717, 1.165) is 5.69 Å². The monoisotopic (exact) mass is 373 g/mol. The SMILES string of the molecule is COP(=O)(/C=C1\CC(C(=O)c2ccccc2)N(c2ccccc2)O1)OC. The molecule has 7 heteroatoms. The van der Waals surface area contributed by atoms with Gasteiger partial charge in [0, 0.05) is 26.2 Å². The third-order valence-electron chi connectivity index (χ3n) is 4.08. The lowest BCUT2D eigenvalue weighted by Crippen LogP contribution is -2.35. The molecule has 1 saturated heterocycles. The summed E-state index contributed by atoms with van der Waals surface area (Å²) >= 11 is 0. The van der Waals surface area contributed by atoms with Gasteiger partial charge in [-0.1, -0.05) is 48.5 Å². The summed E-state index contributed by atoms with van der Waals surface area (Å²) in [4.78, 5) is 18.8. The molecule has 3 rings (SSSR count). The van der Waals surface area contributed by atoms with Gasteiger partial charge in [0.25, 0.3) is 0 Å². The van der Waals surface area contributed by atoms with Crippen LogP contribution >= 0.6 is 7.60 Å². The minimum Gasteiger partial charge on any atom is -0.383 e. The second-order valence-electron chi connectivity index (χ2n) is 5.70. The van der Waals surface area contributed by atoms with Crippen LogP contribution in [0, 0.1) is 0 Å². The van der Waals surface area contributed by atoms with Crippen molar-refractivity contribution < 1.29 is 23.2 Å². The van der Waals surface area contributed by atoms with Crippen molar-refractivity contribution in [2.75, 3.05) is 19.3 Å². The molecule has 1 unspecified atom stereocenters. The molecule has 1 aliphatic rings. The highest BCUT2D eigenvalue weighted by Gasteiger charge is 2.38. The van der Waals surface area contributed by atoms with E-state index in [1.54, 1.807) is 12.1 Å². The van der Waals surface area contributed by atoms with Gasteiger partial charge in [0.05, 0.1) is 11.5 Å². The highest BCUT2D eigenvalue weighted by molar-refractivity contribution is 7.57. The van der Waals surface area contributed by atoms with Crippen molar-refractivity contribution >= 4 is 19.1 Å². The minimum absolute atomic E-state index is 0.0810. The Morgan fingerprint density at radius 3 is 2.23 bits per heavy atom. The first-order valence-corrected chi connectivity index (χ1v) is 9.72. The van der Waals surface area contributed by atoms with E-state index < -0.39 is 13.6 Å². The second-order valence-corrected chi connectivity index (χ2v) is 7.77. The van der Waals surface area contributed by atoms with Crippen molar-refractivity contribution in [2.24, 2.45) is 0 Å². The van der Waals surface area contributed by atoms with Crippen molar-refractivity contribution in [3.8, 4) is 0 Å². The number of ketones is 1. The number of rotatable bonds is 6. The molecule has 6 nitrogen and oxygen atoms in total. The smallest absolute Gasteiger partial charge is 0.357 e. The van der Waals surface area contributed by atoms with Gasteiger partial charge in [-0.05, 0) is 12.1 Å². The van der Waals surface area contributed by atoms with Gasteiger partial charge in [0.2, 0.25) is 0 Å². The fraction of sp³-hybridized carbons (Fsp3) is 0.211. The zero-order valence-corrected chi connectivity index (χ0v) is 15.5. The summed E-state index contributed by atoms with van der Waals surface area (Å²) in [5.74, 6) is 1.61. The molecule has 2 aromatic rings. The number of hydrogen-bond donors (Lipinski definition) is 0. The standard InChI is InChI=1S/C19H20NO5P/c1-23-26(22,24-2)14-17-13-18(19(21)15-9-5-3-6-10-15)20(25-17)16-11-7-4-8-12-16/h3-12,14,18H,13H2,1-2H3/b17-14+. The van der Waals surface area contributed by atoms with Gasteiger partial charge in [0.1, 0.15) is 11.8 Å². The molecule has 1 aliphatic heterocycles. The predicted molar refractivity (Wildman–Crippen MR) is 98.9 cm³/mol. The van der Waals surface area contributed by atoms with Crippen LogP contribution in [0.15, 0.2) is 72.2 Å². The van der Waals surface area contributed by atoms with Crippen LogP contribution in [0.5, 0.6) is 0 Å². The number of benzene rings is 2. The number of Topliss-reactive ketones (excluding diaryl/α,β-unsaturated/α-hetero) is 1. The van der Waals surface area contributed by atoms with E-state index in [2.05, 4.69) is 0 Å². The van der Waals surface area contributed by atoms with Crippen LogP contribution in [-0.4, -0.2) is 26.0 Å². The molecular weight excluding hydrogens is 353 g/mol. The van der Waals surface area contributed by atoms with Gasteiger partial charge in [-0.2, -0.15) is 5.06 Å². The Bertz CT molecular complexity index is 830. The quantitative estimate of drug-likeness (QED) is 0.552. The molecule has 26 heavy (non-hydrogen) atoms. The topological polar surface area (TPSA) is 65.1 Å². The fourth-order valence-corrected chi connectivity index (χ4v) is 3.60. The van der Waals surface area contributed by atoms with Crippen molar-refractivity contribution in [3.63, 3.8) is 0 Å². The first-order chi connectivity index (χ1) is 12.6. The molecule has 0 saturated carbocycles. The molecule has 0 aromatic heterocycles. The average molecular weight is 373 g/mol. The average Bonchev–Trinajstić information content (AvgIpc) is 3.12. The van der Waals surface area contributed by atoms with Crippen LogP contribution < -0.4 is 5.06 Å². The van der Waals surface area contributed by atoms with E-state index in [9.17, 15) is 9.36 Å².